The van der Waals surface area contributed by atoms with Crippen LogP contribution in [0.5, 0.6) is 0 Å². The molecular formula is C23H21N9O. The van der Waals surface area contributed by atoms with E-state index in [9.17, 15) is 10.4 Å². The van der Waals surface area contributed by atoms with Gasteiger partial charge < -0.3 is 15.3 Å². The first-order valence-electron chi connectivity index (χ1n) is 10.6. The number of rotatable bonds is 5. The number of nitriles is 1. The summed E-state index contributed by atoms with van der Waals surface area (Å²) in [4.78, 5) is 11.1. The second-order valence-electron chi connectivity index (χ2n) is 7.77. The number of aromatic nitrogens is 6. The quantitative estimate of drug-likeness (QED) is 0.428. The molecular weight excluding hydrogens is 418 g/mol. The van der Waals surface area contributed by atoms with Crippen LogP contribution in [0.2, 0.25) is 0 Å². The molecule has 0 atom stereocenters. The van der Waals surface area contributed by atoms with Crippen LogP contribution >= 0.6 is 0 Å². The van der Waals surface area contributed by atoms with Crippen LogP contribution in [0, 0.1) is 11.3 Å². The van der Waals surface area contributed by atoms with E-state index in [4.69, 9.17) is 0 Å². The second-order valence-corrected chi connectivity index (χ2v) is 7.77. The summed E-state index contributed by atoms with van der Waals surface area (Å²) in [5, 5.41) is 36.6. The molecule has 0 amide bonds. The molecule has 10 heteroatoms. The number of tetrazole rings is 1. The van der Waals surface area contributed by atoms with Crippen molar-refractivity contribution in [2.24, 2.45) is 0 Å². The molecule has 1 aliphatic rings. The van der Waals surface area contributed by atoms with Gasteiger partial charge in [0, 0.05) is 36.1 Å². The minimum atomic E-state index is -0.256. The average molecular weight is 439 g/mol. The van der Waals surface area contributed by atoms with Crippen molar-refractivity contribution >= 4 is 17.3 Å². The number of aromatic amines is 1. The first kappa shape index (κ1) is 20.5. The van der Waals surface area contributed by atoms with Gasteiger partial charge in [-0.25, -0.2) is 9.97 Å². The third-order valence-corrected chi connectivity index (χ3v) is 5.62. The molecule has 3 N–H and O–H groups in total. The zero-order valence-corrected chi connectivity index (χ0v) is 17.7. The summed E-state index contributed by atoms with van der Waals surface area (Å²) in [6.45, 7) is 1.48. The number of aliphatic hydroxyl groups excluding tert-OH is 1. The summed E-state index contributed by atoms with van der Waals surface area (Å²) >= 11 is 0. The van der Waals surface area contributed by atoms with Gasteiger partial charge >= 0.3 is 0 Å². The fourth-order valence-electron chi connectivity index (χ4n) is 3.86. The molecule has 5 rings (SSSR count). The summed E-state index contributed by atoms with van der Waals surface area (Å²) in [6, 6.07) is 17.4. The average Bonchev–Trinajstić information content (AvgIpc) is 3.40. The molecule has 0 bridgehead atoms. The van der Waals surface area contributed by atoms with E-state index in [-0.39, 0.29) is 6.10 Å². The molecule has 0 spiro atoms. The molecule has 164 valence electrons. The van der Waals surface area contributed by atoms with Crippen molar-refractivity contribution in [1.82, 2.24) is 30.6 Å². The van der Waals surface area contributed by atoms with Crippen molar-refractivity contribution in [3.63, 3.8) is 0 Å². The third kappa shape index (κ3) is 4.49. The molecule has 4 aromatic rings. The predicted molar refractivity (Wildman–Crippen MR) is 123 cm³/mol. The van der Waals surface area contributed by atoms with E-state index in [0.29, 0.717) is 35.9 Å². The Labute approximate surface area is 189 Å². The molecule has 0 aliphatic carbocycles. The summed E-state index contributed by atoms with van der Waals surface area (Å²) in [7, 11) is 0. The monoisotopic (exact) mass is 439 g/mol. The number of hydrogen-bond donors (Lipinski definition) is 3. The highest BCUT2D eigenvalue weighted by molar-refractivity contribution is 5.70. The van der Waals surface area contributed by atoms with Crippen LogP contribution in [0.25, 0.3) is 22.6 Å². The standard InChI is InChI=1S/C23H21N9O/c24-14-17-13-16(3-6-21(17)32-11-8-19(33)9-12-32)20-7-10-25-23(27-20)26-18-4-1-15(2-5-18)22-28-30-31-29-22/h1-7,10,13,19,33H,8-9,11-12H2,(H,25,26,27)(H,28,29,30,31). The number of H-pyrrole nitrogens is 1. The zero-order valence-electron chi connectivity index (χ0n) is 17.7. The van der Waals surface area contributed by atoms with E-state index < -0.39 is 0 Å². The molecule has 3 heterocycles. The van der Waals surface area contributed by atoms with Crippen LogP contribution in [-0.2, 0) is 0 Å². The van der Waals surface area contributed by atoms with Gasteiger partial charge in [0.25, 0.3) is 0 Å². The van der Waals surface area contributed by atoms with E-state index in [1.54, 1.807) is 6.20 Å². The van der Waals surface area contributed by atoms with Gasteiger partial charge in [0.1, 0.15) is 6.07 Å². The fourth-order valence-corrected chi connectivity index (χ4v) is 3.86. The van der Waals surface area contributed by atoms with Crippen molar-refractivity contribution in [2.45, 2.75) is 18.9 Å². The normalized spacial score (nSPS) is 14.1. The van der Waals surface area contributed by atoms with Crippen molar-refractivity contribution in [3.05, 3.63) is 60.3 Å². The second kappa shape index (κ2) is 9.02. The predicted octanol–water partition coefficient (Wildman–Crippen LogP) is 2.90. The highest BCUT2D eigenvalue weighted by Gasteiger charge is 2.20. The van der Waals surface area contributed by atoms with Gasteiger partial charge in [-0.3, -0.25) is 0 Å². The molecule has 1 saturated heterocycles. The van der Waals surface area contributed by atoms with E-state index in [2.05, 4.69) is 46.9 Å². The molecule has 1 aliphatic heterocycles. The Morgan fingerprint density at radius 1 is 1.06 bits per heavy atom. The first-order chi connectivity index (χ1) is 16.2. The van der Waals surface area contributed by atoms with Crippen LogP contribution in [-0.4, -0.2) is 54.9 Å². The van der Waals surface area contributed by atoms with Gasteiger partial charge in [0.15, 0.2) is 0 Å². The lowest BCUT2D eigenvalue weighted by molar-refractivity contribution is 0.145. The topological polar surface area (TPSA) is 140 Å². The summed E-state index contributed by atoms with van der Waals surface area (Å²) < 4.78 is 0. The van der Waals surface area contributed by atoms with Gasteiger partial charge in [-0.1, -0.05) is 6.07 Å². The Hall–Kier alpha value is -4.36. The number of nitrogens with one attached hydrogen (secondary N) is 2. The lowest BCUT2D eigenvalue weighted by Gasteiger charge is -2.32. The van der Waals surface area contributed by atoms with Gasteiger partial charge in [0.2, 0.25) is 11.8 Å². The van der Waals surface area contributed by atoms with Gasteiger partial charge in [0.05, 0.1) is 23.0 Å². The number of benzene rings is 2. The molecule has 1 fully saturated rings. The van der Waals surface area contributed by atoms with Crippen molar-refractivity contribution in [2.75, 3.05) is 23.3 Å². The van der Waals surface area contributed by atoms with E-state index in [1.165, 1.54) is 0 Å². The minimum Gasteiger partial charge on any atom is -0.393 e. The SMILES string of the molecule is N#Cc1cc(-c2ccnc(Nc3ccc(-c4nn[nH]n4)cc3)n2)ccc1N1CCC(O)CC1. The lowest BCUT2D eigenvalue weighted by atomic mass is 10.0. The molecule has 2 aromatic heterocycles. The number of piperidine rings is 1. The maximum atomic E-state index is 9.76. The van der Waals surface area contributed by atoms with E-state index in [0.717, 1.165) is 35.6 Å². The Morgan fingerprint density at radius 2 is 1.85 bits per heavy atom. The van der Waals surface area contributed by atoms with E-state index in [1.807, 2.05) is 48.5 Å². The summed E-state index contributed by atoms with van der Waals surface area (Å²) in [6.07, 6.45) is 2.85. The minimum absolute atomic E-state index is 0.256. The van der Waals surface area contributed by atoms with Gasteiger partial charge in [-0.05, 0) is 60.5 Å². The number of anilines is 3. The Morgan fingerprint density at radius 3 is 2.58 bits per heavy atom. The van der Waals surface area contributed by atoms with Gasteiger partial charge in [-0.15, -0.1) is 10.2 Å². The summed E-state index contributed by atoms with van der Waals surface area (Å²) in [5.41, 5.74) is 4.70. The number of aliphatic hydroxyl groups is 1. The first-order valence-corrected chi connectivity index (χ1v) is 10.6. The molecule has 10 nitrogen and oxygen atoms in total. The molecule has 33 heavy (non-hydrogen) atoms. The van der Waals surface area contributed by atoms with Crippen molar-refractivity contribution in [3.8, 4) is 28.7 Å². The van der Waals surface area contributed by atoms with Crippen LogP contribution < -0.4 is 10.2 Å². The maximum Gasteiger partial charge on any atom is 0.227 e. The summed E-state index contributed by atoms with van der Waals surface area (Å²) in [5.74, 6) is 0.977. The lowest BCUT2D eigenvalue weighted by Crippen LogP contribution is -2.36. The van der Waals surface area contributed by atoms with Crippen molar-refractivity contribution < 1.29 is 5.11 Å². The largest absolute Gasteiger partial charge is 0.393 e. The molecule has 0 radical (unpaired) electrons. The maximum absolute atomic E-state index is 9.76. The Bertz CT molecular complexity index is 1270. The zero-order chi connectivity index (χ0) is 22.6. The van der Waals surface area contributed by atoms with Gasteiger partial charge in [-0.2, -0.15) is 10.5 Å². The number of nitrogens with zero attached hydrogens (tertiary/aromatic N) is 7. The van der Waals surface area contributed by atoms with Crippen LogP contribution in [0.15, 0.2) is 54.7 Å². The smallest absolute Gasteiger partial charge is 0.227 e. The fraction of sp³-hybridized carbons (Fsp3) is 0.217. The van der Waals surface area contributed by atoms with Crippen LogP contribution in [0.1, 0.15) is 18.4 Å². The molecule has 0 unspecified atom stereocenters. The molecule has 2 aromatic carbocycles. The Balaban J connectivity index is 1.35. The van der Waals surface area contributed by atoms with Crippen LogP contribution in [0.4, 0.5) is 17.3 Å². The van der Waals surface area contributed by atoms with Crippen molar-refractivity contribution in [1.29, 1.82) is 5.26 Å². The Kier molecular flexibility index (Phi) is 5.61. The van der Waals surface area contributed by atoms with Crippen LogP contribution in [0.3, 0.4) is 0 Å². The highest BCUT2D eigenvalue weighted by atomic mass is 16.3. The third-order valence-electron chi connectivity index (χ3n) is 5.62. The molecule has 0 saturated carbocycles. The highest BCUT2D eigenvalue weighted by Crippen LogP contribution is 2.29. The number of hydrogen-bond acceptors (Lipinski definition) is 9. The van der Waals surface area contributed by atoms with E-state index >= 15 is 0 Å².